The van der Waals surface area contributed by atoms with Gasteiger partial charge in [0.25, 0.3) is 0 Å². The zero-order chi connectivity index (χ0) is 20.1. The topological polar surface area (TPSA) is 50.2 Å². The standard InChI is InChI=1S/C9H12O.C8H10O.C7H9N/c1-2-3-8-4-6-9(10)7-5-8;1-7-2-4-8(6-9)5-3-7;1-6-3-4-7(2)8-5-6/h4-7,10H,2-3H2,1H3;2-4,6,8H,5H2,1H3;3-5H,1-2H3. The summed E-state index contributed by atoms with van der Waals surface area (Å²) in [4.78, 5) is 14.3. The van der Waals surface area contributed by atoms with Crippen LogP contribution in [0.5, 0.6) is 5.75 Å². The summed E-state index contributed by atoms with van der Waals surface area (Å²) in [6.07, 6.45) is 12.0. The van der Waals surface area contributed by atoms with Crippen molar-refractivity contribution in [1.82, 2.24) is 4.98 Å². The Morgan fingerprint density at radius 2 is 1.81 bits per heavy atom. The first-order chi connectivity index (χ1) is 12.9. The van der Waals surface area contributed by atoms with E-state index in [2.05, 4.69) is 24.1 Å². The number of allylic oxidation sites excluding steroid dienone is 4. The molecule has 3 nitrogen and oxygen atoms in total. The number of pyridine rings is 1. The van der Waals surface area contributed by atoms with Gasteiger partial charge in [-0.1, -0.05) is 55.3 Å². The lowest BCUT2D eigenvalue weighted by Gasteiger charge is -2.05. The van der Waals surface area contributed by atoms with Crippen LogP contribution in [0, 0.1) is 19.8 Å². The Hall–Kier alpha value is -2.68. The van der Waals surface area contributed by atoms with Gasteiger partial charge in [0.05, 0.1) is 0 Å². The normalized spacial score (nSPS) is 14.8. The SMILES string of the molecule is CC1=CCC(C=O)C=C1.CCCc1ccc(O)cc1.Cc1ccc(C)nc1. The first-order valence-electron chi connectivity index (χ1n) is 9.42. The first-order valence-corrected chi connectivity index (χ1v) is 9.42. The molecule has 0 saturated carbocycles. The van der Waals surface area contributed by atoms with Crippen molar-refractivity contribution < 1.29 is 9.90 Å². The molecule has 27 heavy (non-hydrogen) atoms. The second-order valence-corrected chi connectivity index (χ2v) is 6.74. The van der Waals surface area contributed by atoms with E-state index in [9.17, 15) is 4.79 Å². The van der Waals surface area contributed by atoms with Crippen molar-refractivity contribution >= 4 is 6.29 Å². The Morgan fingerprint density at radius 3 is 2.26 bits per heavy atom. The highest BCUT2D eigenvalue weighted by atomic mass is 16.3. The van der Waals surface area contributed by atoms with Crippen LogP contribution in [0.1, 0.15) is 43.5 Å². The van der Waals surface area contributed by atoms with Crippen LogP contribution in [0.3, 0.4) is 0 Å². The summed E-state index contributed by atoms with van der Waals surface area (Å²) in [5, 5.41) is 8.92. The molecule has 1 aliphatic rings. The number of phenolic OH excluding ortho intramolecular Hbond substituents is 1. The van der Waals surface area contributed by atoms with E-state index in [0.717, 1.165) is 31.2 Å². The average molecular weight is 366 g/mol. The van der Waals surface area contributed by atoms with Crippen molar-refractivity contribution in [2.24, 2.45) is 5.92 Å². The second kappa shape index (κ2) is 12.6. The molecular weight excluding hydrogens is 334 g/mol. The van der Waals surface area contributed by atoms with E-state index in [-0.39, 0.29) is 5.92 Å². The zero-order valence-electron chi connectivity index (χ0n) is 16.9. The molecule has 1 N–H and O–H groups in total. The van der Waals surface area contributed by atoms with Gasteiger partial charge in [0.1, 0.15) is 12.0 Å². The summed E-state index contributed by atoms with van der Waals surface area (Å²) >= 11 is 0. The van der Waals surface area contributed by atoms with Gasteiger partial charge in [0.15, 0.2) is 0 Å². The highest BCUT2D eigenvalue weighted by molar-refractivity contribution is 5.58. The van der Waals surface area contributed by atoms with Gasteiger partial charge in [-0.05, 0) is 62.9 Å². The average Bonchev–Trinajstić information content (AvgIpc) is 2.68. The van der Waals surface area contributed by atoms with Gasteiger partial charge in [0, 0.05) is 17.8 Å². The number of aromatic hydroxyl groups is 1. The minimum absolute atomic E-state index is 0.133. The largest absolute Gasteiger partial charge is 0.508 e. The number of hydrogen-bond donors (Lipinski definition) is 1. The molecule has 1 atom stereocenters. The fraction of sp³-hybridized carbons (Fsp3) is 0.333. The summed E-state index contributed by atoms with van der Waals surface area (Å²) in [5.74, 6) is 0.480. The number of phenols is 1. The number of aldehydes is 1. The van der Waals surface area contributed by atoms with Crippen molar-refractivity contribution in [3.05, 3.63) is 83.2 Å². The third kappa shape index (κ3) is 10.1. The number of hydrogen-bond acceptors (Lipinski definition) is 3. The van der Waals surface area contributed by atoms with Crippen molar-refractivity contribution in [3.8, 4) is 5.75 Å². The summed E-state index contributed by atoms with van der Waals surface area (Å²) < 4.78 is 0. The maximum Gasteiger partial charge on any atom is 0.127 e. The molecule has 1 aromatic heterocycles. The van der Waals surface area contributed by atoms with Gasteiger partial charge in [-0.3, -0.25) is 4.98 Å². The van der Waals surface area contributed by atoms with E-state index in [1.807, 2.05) is 57.3 Å². The Bertz CT molecular complexity index is 707. The summed E-state index contributed by atoms with van der Waals surface area (Å²) in [6, 6.07) is 11.4. The lowest BCUT2D eigenvalue weighted by atomic mass is 9.99. The smallest absolute Gasteiger partial charge is 0.127 e. The predicted octanol–water partition coefficient (Wildman–Crippen LogP) is 5.75. The molecule has 0 saturated heterocycles. The van der Waals surface area contributed by atoms with E-state index >= 15 is 0 Å². The van der Waals surface area contributed by atoms with Crippen LogP contribution < -0.4 is 0 Å². The lowest BCUT2D eigenvalue weighted by molar-refractivity contribution is -0.109. The molecule has 2 aromatic rings. The number of aryl methyl sites for hydroxylation is 3. The number of benzene rings is 1. The van der Waals surface area contributed by atoms with E-state index in [4.69, 9.17) is 5.11 Å². The van der Waals surface area contributed by atoms with Crippen LogP contribution >= 0.6 is 0 Å². The summed E-state index contributed by atoms with van der Waals surface area (Å²) in [6.45, 7) is 8.20. The summed E-state index contributed by atoms with van der Waals surface area (Å²) in [7, 11) is 0. The van der Waals surface area contributed by atoms with Crippen LogP contribution in [-0.4, -0.2) is 16.4 Å². The van der Waals surface area contributed by atoms with Gasteiger partial charge in [-0.2, -0.15) is 0 Å². The van der Waals surface area contributed by atoms with Crippen molar-refractivity contribution in [2.75, 3.05) is 0 Å². The third-order valence-electron chi connectivity index (χ3n) is 4.03. The molecule has 1 unspecified atom stereocenters. The van der Waals surface area contributed by atoms with E-state index < -0.39 is 0 Å². The molecule has 0 aliphatic heterocycles. The molecule has 3 heteroatoms. The maximum absolute atomic E-state index is 10.2. The quantitative estimate of drug-likeness (QED) is 0.705. The summed E-state index contributed by atoms with van der Waals surface area (Å²) in [5.41, 5.74) is 4.85. The number of nitrogens with zero attached hydrogens (tertiary/aromatic N) is 1. The fourth-order valence-electron chi connectivity index (χ4n) is 2.34. The van der Waals surface area contributed by atoms with E-state index in [1.54, 1.807) is 12.1 Å². The molecule has 0 bridgehead atoms. The zero-order valence-corrected chi connectivity index (χ0v) is 16.9. The first kappa shape index (κ1) is 22.4. The fourth-order valence-corrected chi connectivity index (χ4v) is 2.34. The Balaban J connectivity index is 0.000000204. The van der Waals surface area contributed by atoms with Gasteiger partial charge in [0.2, 0.25) is 0 Å². The number of aromatic nitrogens is 1. The van der Waals surface area contributed by atoms with E-state index in [1.165, 1.54) is 16.7 Å². The monoisotopic (exact) mass is 365 g/mol. The van der Waals surface area contributed by atoms with Crippen molar-refractivity contribution in [2.45, 2.75) is 47.0 Å². The third-order valence-corrected chi connectivity index (χ3v) is 4.03. The molecule has 0 fully saturated rings. The molecule has 3 rings (SSSR count). The molecule has 1 aliphatic carbocycles. The Kier molecular flexibility index (Phi) is 10.5. The van der Waals surface area contributed by atoms with Gasteiger partial charge in [-0.15, -0.1) is 0 Å². The van der Waals surface area contributed by atoms with Crippen LogP contribution in [0.4, 0.5) is 0 Å². The molecule has 144 valence electrons. The molecule has 1 heterocycles. The predicted molar refractivity (Wildman–Crippen MR) is 113 cm³/mol. The van der Waals surface area contributed by atoms with Crippen LogP contribution in [0.2, 0.25) is 0 Å². The molecule has 0 amide bonds. The molecule has 0 spiro atoms. The minimum atomic E-state index is 0.133. The van der Waals surface area contributed by atoms with Gasteiger partial charge < -0.3 is 9.90 Å². The molecular formula is C24H31NO2. The second-order valence-electron chi connectivity index (χ2n) is 6.74. The van der Waals surface area contributed by atoms with Crippen LogP contribution in [0.15, 0.2) is 66.4 Å². The highest BCUT2D eigenvalue weighted by Crippen LogP contribution is 2.13. The molecule has 1 aromatic carbocycles. The van der Waals surface area contributed by atoms with Gasteiger partial charge >= 0.3 is 0 Å². The Morgan fingerprint density at radius 1 is 1.11 bits per heavy atom. The number of rotatable bonds is 3. The minimum Gasteiger partial charge on any atom is -0.508 e. The maximum atomic E-state index is 10.2. The van der Waals surface area contributed by atoms with Gasteiger partial charge in [-0.25, -0.2) is 0 Å². The van der Waals surface area contributed by atoms with Crippen LogP contribution in [-0.2, 0) is 11.2 Å². The van der Waals surface area contributed by atoms with Crippen LogP contribution in [0.25, 0.3) is 0 Å². The number of carbonyl (C=O) groups is 1. The Labute approximate surface area is 163 Å². The van der Waals surface area contributed by atoms with Crippen molar-refractivity contribution in [1.29, 1.82) is 0 Å². The molecule has 0 radical (unpaired) electrons. The van der Waals surface area contributed by atoms with Crippen molar-refractivity contribution in [3.63, 3.8) is 0 Å². The number of carbonyl (C=O) groups excluding carboxylic acids is 1. The van der Waals surface area contributed by atoms with E-state index in [0.29, 0.717) is 5.75 Å². The highest BCUT2D eigenvalue weighted by Gasteiger charge is 2.03. The lowest BCUT2D eigenvalue weighted by Crippen LogP contribution is -1.98.